The highest BCUT2D eigenvalue weighted by Crippen LogP contribution is 2.23. The van der Waals surface area contributed by atoms with Gasteiger partial charge < -0.3 is 10.6 Å². The van der Waals surface area contributed by atoms with Crippen LogP contribution >= 0.6 is 0 Å². The Kier molecular flexibility index (Phi) is 0.603. The predicted octanol–water partition coefficient (Wildman–Crippen LogP) is -0.290. The molecule has 0 radical (unpaired) electrons. The van der Waals surface area contributed by atoms with Crippen LogP contribution in [0.4, 0.5) is 0 Å². The highest BCUT2D eigenvalue weighted by molar-refractivity contribution is 5.04. The lowest BCUT2D eigenvalue weighted by Gasteiger charge is -2.21. The van der Waals surface area contributed by atoms with E-state index in [1.165, 1.54) is 0 Å². The van der Waals surface area contributed by atoms with Crippen molar-refractivity contribution in [3.8, 4) is 0 Å². The molecule has 2 unspecified atom stereocenters. The Hall–Kier alpha value is -0.0800. The molecule has 0 aromatic carbocycles. The topological polar surface area (TPSA) is 24.1 Å². The SMILES string of the molecule is [2H]N1CC2CC1(C)CN2. The third kappa shape index (κ3) is 0.501. The molecule has 2 atom stereocenters. The second kappa shape index (κ2) is 1.25. The molecule has 0 aliphatic carbocycles. The molecule has 46 valence electrons. The third-order valence-corrected chi connectivity index (χ3v) is 2.15. The van der Waals surface area contributed by atoms with Crippen LogP contribution in [0, 0.1) is 0 Å². The minimum absolute atomic E-state index is 0.157. The van der Waals surface area contributed by atoms with Crippen LogP contribution in [0.5, 0.6) is 0 Å². The van der Waals surface area contributed by atoms with E-state index in [0.29, 0.717) is 6.04 Å². The lowest BCUT2D eigenvalue weighted by molar-refractivity contribution is 0.413. The second-order valence-corrected chi connectivity index (χ2v) is 3.12. The Balaban J connectivity index is 2.22. The van der Waals surface area contributed by atoms with Gasteiger partial charge in [0, 0.05) is 24.7 Å². The van der Waals surface area contributed by atoms with Crippen molar-refractivity contribution in [3.63, 3.8) is 0 Å². The van der Waals surface area contributed by atoms with Gasteiger partial charge in [0.25, 0.3) is 0 Å². The van der Waals surface area contributed by atoms with Crippen molar-refractivity contribution in [2.45, 2.75) is 24.9 Å². The van der Waals surface area contributed by atoms with Crippen LogP contribution in [0.15, 0.2) is 0 Å². The molecule has 2 fully saturated rings. The summed E-state index contributed by atoms with van der Waals surface area (Å²) >= 11 is 0. The molecule has 2 nitrogen and oxygen atoms in total. The molecule has 8 heavy (non-hydrogen) atoms. The second-order valence-electron chi connectivity index (χ2n) is 3.12. The Labute approximate surface area is 51.1 Å². The first-order valence-electron chi connectivity index (χ1n) is 3.65. The number of hydrogen-bond acceptors (Lipinski definition) is 2. The fourth-order valence-corrected chi connectivity index (χ4v) is 1.62. The Morgan fingerprint density at radius 1 is 1.88 bits per heavy atom. The summed E-state index contributed by atoms with van der Waals surface area (Å²) < 4.78 is 7.51. The predicted molar refractivity (Wildman–Crippen MR) is 32.8 cm³/mol. The molecule has 2 saturated heterocycles. The third-order valence-electron chi connectivity index (χ3n) is 2.15. The average molecular weight is 113 g/mol. The molecule has 0 amide bonds. The van der Waals surface area contributed by atoms with Crippen LogP contribution in [0.2, 0.25) is 1.41 Å². The molecular weight excluding hydrogens is 100 g/mol. The van der Waals surface area contributed by atoms with Gasteiger partial charge in [-0.3, -0.25) is 0 Å². The quantitative estimate of drug-likeness (QED) is 0.451. The van der Waals surface area contributed by atoms with E-state index in [9.17, 15) is 0 Å². The lowest BCUT2D eigenvalue weighted by atomic mass is 10.0. The van der Waals surface area contributed by atoms with Crippen molar-refractivity contribution >= 4 is 0 Å². The number of rotatable bonds is 0. The van der Waals surface area contributed by atoms with Gasteiger partial charge in [0.1, 0.15) is 1.41 Å². The van der Waals surface area contributed by atoms with Gasteiger partial charge in [-0.2, -0.15) is 0 Å². The summed E-state index contributed by atoms with van der Waals surface area (Å²) in [6, 6.07) is 0.604. The summed E-state index contributed by atoms with van der Waals surface area (Å²) in [4.78, 5) is 0. The van der Waals surface area contributed by atoms with Gasteiger partial charge in [-0.15, -0.1) is 0 Å². The van der Waals surface area contributed by atoms with E-state index < -0.39 is 0 Å². The van der Waals surface area contributed by atoms with Crippen LogP contribution in [0.25, 0.3) is 0 Å². The zero-order valence-corrected chi connectivity index (χ0v) is 5.15. The molecular formula is C6H12N2. The highest BCUT2D eigenvalue weighted by atomic mass is 15.2. The molecule has 2 aliphatic rings. The maximum atomic E-state index is 7.51. The fraction of sp³-hybridized carbons (Fsp3) is 1.00. The largest absolute Gasteiger partial charge is 0.311 e. The van der Waals surface area contributed by atoms with E-state index in [4.69, 9.17) is 1.41 Å². The van der Waals surface area contributed by atoms with Gasteiger partial charge in [-0.1, -0.05) is 0 Å². The van der Waals surface area contributed by atoms with Gasteiger partial charge in [0.15, 0.2) is 0 Å². The molecule has 0 saturated carbocycles. The maximum absolute atomic E-state index is 7.51. The first-order valence-corrected chi connectivity index (χ1v) is 3.21. The summed E-state index contributed by atoms with van der Waals surface area (Å²) in [5.74, 6) is 0. The molecule has 2 aliphatic heterocycles. The monoisotopic (exact) mass is 113 g/mol. The molecule has 2 heteroatoms. The van der Waals surface area contributed by atoms with E-state index in [1.807, 2.05) is 0 Å². The van der Waals surface area contributed by atoms with Gasteiger partial charge in [-0.25, -0.2) is 0 Å². The van der Waals surface area contributed by atoms with Crippen LogP contribution < -0.4 is 10.6 Å². The molecule has 0 aromatic heterocycles. The number of nitrogens with one attached hydrogen (secondary N) is 2. The molecule has 0 aromatic rings. The van der Waals surface area contributed by atoms with Crippen molar-refractivity contribution in [1.82, 2.24) is 10.6 Å². The van der Waals surface area contributed by atoms with Crippen molar-refractivity contribution in [3.05, 3.63) is 0 Å². The van der Waals surface area contributed by atoms with Crippen LogP contribution in [-0.4, -0.2) is 24.7 Å². The van der Waals surface area contributed by atoms with E-state index in [-0.39, 0.29) is 5.54 Å². The van der Waals surface area contributed by atoms with Gasteiger partial charge >= 0.3 is 0 Å². The summed E-state index contributed by atoms with van der Waals surface area (Å²) in [5.41, 5.74) is 0.157. The van der Waals surface area contributed by atoms with E-state index in [2.05, 4.69) is 12.2 Å². The van der Waals surface area contributed by atoms with Crippen LogP contribution in [-0.2, 0) is 0 Å². The minimum Gasteiger partial charge on any atom is -0.311 e. The van der Waals surface area contributed by atoms with E-state index in [1.54, 1.807) is 5.31 Å². The maximum Gasteiger partial charge on any atom is 0.123 e. The first kappa shape index (κ1) is 3.85. The summed E-state index contributed by atoms with van der Waals surface area (Å²) in [6.07, 6.45) is 1.16. The average Bonchev–Trinajstić information content (AvgIpc) is 2.22. The van der Waals surface area contributed by atoms with Crippen molar-refractivity contribution in [2.24, 2.45) is 0 Å². The van der Waals surface area contributed by atoms with Crippen LogP contribution in [0.1, 0.15) is 13.3 Å². The molecule has 0 spiro atoms. The molecule has 2 bridgehead atoms. The van der Waals surface area contributed by atoms with Crippen molar-refractivity contribution in [1.29, 1.82) is 0 Å². The zero-order valence-electron chi connectivity index (χ0n) is 6.15. The smallest absolute Gasteiger partial charge is 0.123 e. The summed E-state index contributed by atoms with van der Waals surface area (Å²) in [7, 11) is 0. The van der Waals surface area contributed by atoms with E-state index in [0.717, 1.165) is 19.5 Å². The molecule has 2 heterocycles. The Bertz CT molecular complexity index is 139. The van der Waals surface area contributed by atoms with Crippen LogP contribution in [0.3, 0.4) is 0 Å². The molecule has 2 N–H and O–H groups in total. The van der Waals surface area contributed by atoms with Crippen molar-refractivity contribution in [2.75, 3.05) is 13.1 Å². The molecule has 2 rings (SSSR count). The van der Waals surface area contributed by atoms with Crippen molar-refractivity contribution < 1.29 is 1.41 Å². The minimum atomic E-state index is 0.157. The summed E-state index contributed by atoms with van der Waals surface area (Å²) in [5, 5.41) is 5.08. The zero-order chi connectivity index (χ0) is 6.48. The van der Waals surface area contributed by atoms with Gasteiger partial charge in [-0.05, 0) is 13.3 Å². The highest BCUT2D eigenvalue weighted by Gasteiger charge is 2.40. The van der Waals surface area contributed by atoms with Gasteiger partial charge in [0.05, 0.1) is 0 Å². The standard InChI is InChI=1S/C6H12N2/c1-6-2-5(3-8-6)7-4-6/h5,7-8H,2-4H2,1H3/i/hD. The lowest BCUT2D eigenvalue weighted by Crippen LogP contribution is -2.47. The first-order chi connectivity index (χ1) is 4.21. The fourth-order valence-electron chi connectivity index (χ4n) is 1.62. The van der Waals surface area contributed by atoms with E-state index >= 15 is 0 Å². The summed E-state index contributed by atoms with van der Waals surface area (Å²) in [6.45, 7) is 4.07. The Morgan fingerprint density at radius 2 is 2.75 bits per heavy atom. The normalized spacial score (nSPS) is 57.1. The number of fused-ring (bicyclic) bond motifs is 2. The van der Waals surface area contributed by atoms with Gasteiger partial charge in [0.2, 0.25) is 0 Å². The Morgan fingerprint density at radius 3 is 3.00 bits per heavy atom. The number of piperazine rings is 1. The number of hydrogen-bond donors (Lipinski definition) is 2.